The van der Waals surface area contributed by atoms with Crippen LogP contribution in [0.5, 0.6) is 0 Å². The van der Waals surface area contributed by atoms with E-state index in [2.05, 4.69) is 42.5 Å². The second-order valence-electron chi connectivity index (χ2n) is 12.6. The molecule has 2 N–H and O–H groups in total. The van der Waals surface area contributed by atoms with Crippen LogP contribution in [0.15, 0.2) is 78.9 Å². The van der Waals surface area contributed by atoms with E-state index in [0.29, 0.717) is 5.02 Å². The number of aromatic nitrogens is 1. The molecule has 0 unspecified atom stereocenters. The summed E-state index contributed by atoms with van der Waals surface area (Å²) in [4.78, 5) is 25.7. The second kappa shape index (κ2) is 15.2. The number of carboxylic acids is 1. The van der Waals surface area contributed by atoms with Gasteiger partial charge in [0.05, 0.1) is 23.2 Å². The monoisotopic (exact) mass is 643 g/mol. The van der Waals surface area contributed by atoms with Gasteiger partial charge in [-0.25, -0.2) is 4.98 Å². The van der Waals surface area contributed by atoms with E-state index in [9.17, 15) is 19.8 Å². The first-order valence-electron chi connectivity index (χ1n) is 15.3. The molecule has 3 aromatic carbocycles. The molecule has 7 heteroatoms. The third-order valence-corrected chi connectivity index (χ3v) is 9.76. The molecule has 5 nitrogen and oxygen atoms in total. The largest absolute Gasteiger partial charge is 0.481 e. The maximum Gasteiger partial charge on any atom is 0.303 e. The average Bonchev–Trinajstić information content (AvgIpc) is 3.74. The van der Waals surface area contributed by atoms with Crippen molar-refractivity contribution in [2.45, 2.75) is 70.7 Å². The van der Waals surface area contributed by atoms with Crippen molar-refractivity contribution < 1.29 is 19.8 Å². The number of nitrogens with zero attached hydrogens (tertiary/aromatic N) is 1. The zero-order valence-corrected chi connectivity index (χ0v) is 28.0. The van der Waals surface area contributed by atoms with Gasteiger partial charge in [-0.3, -0.25) is 4.79 Å². The van der Waals surface area contributed by atoms with Gasteiger partial charge in [0.15, 0.2) is 0 Å². The van der Waals surface area contributed by atoms with Gasteiger partial charge >= 0.3 is 5.97 Å². The van der Waals surface area contributed by atoms with Crippen LogP contribution in [-0.4, -0.2) is 32.7 Å². The lowest BCUT2D eigenvalue weighted by atomic mass is 9.90. The molecular weight excluding hydrogens is 602 g/mol. The zero-order valence-electron chi connectivity index (χ0n) is 26.4. The fourth-order valence-corrected chi connectivity index (χ4v) is 7.09. The molecule has 0 bridgehead atoms. The summed E-state index contributed by atoms with van der Waals surface area (Å²) in [5, 5.41) is 22.1. The minimum atomic E-state index is -0.911. The van der Waals surface area contributed by atoms with Crippen molar-refractivity contribution in [2.24, 2.45) is 5.41 Å². The maximum absolute atomic E-state index is 11.5. The first-order chi connectivity index (χ1) is 21.3. The summed E-state index contributed by atoms with van der Waals surface area (Å²) < 4.78 is 0. The highest BCUT2D eigenvalue weighted by atomic mass is 35.5. The topological polar surface area (TPSA) is 87.5 Å². The molecule has 1 fully saturated rings. The van der Waals surface area contributed by atoms with E-state index >= 15 is 0 Å². The number of thioether (sulfide) groups is 1. The smallest absolute Gasteiger partial charge is 0.303 e. The number of aryl methyl sites for hydroxylation is 1. The molecule has 5 rings (SSSR count). The summed E-state index contributed by atoms with van der Waals surface area (Å²) in [5.41, 5.74) is 5.15. The second-order valence-corrected chi connectivity index (χ2v) is 14.2. The van der Waals surface area contributed by atoms with Crippen molar-refractivity contribution in [1.29, 1.82) is 0 Å². The number of Topliss-reactive ketones (excluding diaryl/α,β-unsaturated/α-hetero) is 1. The summed E-state index contributed by atoms with van der Waals surface area (Å²) in [6.07, 6.45) is 8.02. The number of aliphatic carboxylic acids is 1. The average molecular weight is 644 g/mol. The molecule has 1 heterocycles. The summed E-state index contributed by atoms with van der Waals surface area (Å²) in [5.74, 6) is 0.288. The Morgan fingerprint density at radius 1 is 1.00 bits per heavy atom. The van der Waals surface area contributed by atoms with Crippen molar-refractivity contribution in [3.05, 3.63) is 112 Å². The highest BCUT2D eigenvalue weighted by Gasteiger charge is 2.44. The van der Waals surface area contributed by atoms with Gasteiger partial charge in [0, 0.05) is 21.4 Å². The molecular formula is C38H42ClNO4S. The van der Waals surface area contributed by atoms with Crippen LogP contribution in [-0.2, 0) is 21.6 Å². The fraction of sp³-hybridized carbons (Fsp3) is 0.342. The third kappa shape index (κ3) is 10.6. The number of carbonyl (C=O) groups is 2. The number of fused-ring (bicyclic) bond motifs is 1. The van der Waals surface area contributed by atoms with Crippen LogP contribution >= 0.6 is 23.4 Å². The van der Waals surface area contributed by atoms with Crippen LogP contribution in [0.3, 0.4) is 0 Å². The Morgan fingerprint density at radius 3 is 2.40 bits per heavy atom. The van der Waals surface area contributed by atoms with E-state index in [0.717, 1.165) is 64.7 Å². The quantitative estimate of drug-likeness (QED) is 0.160. The summed E-state index contributed by atoms with van der Waals surface area (Å²) in [6, 6.07) is 26.5. The van der Waals surface area contributed by atoms with Crippen molar-refractivity contribution >= 4 is 58.2 Å². The Balaban J connectivity index is 0.00000109. The van der Waals surface area contributed by atoms with Gasteiger partial charge in [-0.05, 0) is 105 Å². The molecule has 1 atom stereocenters. The predicted molar refractivity (Wildman–Crippen MR) is 188 cm³/mol. The van der Waals surface area contributed by atoms with Crippen molar-refractivity contribution in [2.75, 3.05) is 5.75 Å². The van der Waals surface area contributed by atoms with Gasteiger partial charge in [0.2, 0.25) is 0 Å². The van der Waals surface area contributed by atoms with Crippen molar-refractivity contribution in [3.8, 4) is 0 Å². The summed E-state index contributed by atoms with van der Waals surface area (Å²) in [6.45, 7) is 6.71. The molecule has 1 aliphatic carbocycles. The first kappa shape index (κ1) is 34.4. The normalized spacial score (nSPS) is 14.5. The van der Waals surface area contributed by atoms with Crippen LogP contribution in [0.4, 0.5) is 0 Å². The Labute approximate surface area is 275 Å². The Morgan fingerprint density at radius 2 is 1.71 bits per heavy atom. The van der Waals surface area contributed by atoms with Crippen LogP contribution < -0.4 is 0 Å². The number of hydrogen-bond donors (Lipinski definition) is 2. The Kier molecular flexibility index (Phi) is 11.6. The first-order valence-corrected chi connectivity index (χ1v) is 16.7. The summed E-state index contributed by atoms with van der Waals surface area (Å²) >= 11 is 8.04. The number of benzene rings is 3. The molecule has 0 aliphatic heterocycles. The number of carbonyl (C=O) groups excluding carboxylic acids is 1. The number of carboxylic acid groups (broad SMARTS) is 1. The van der Waals surface area contributed by atoms with E-state index in [-0.39, 0.29) is 22.9 Å². The maximum atomic E-state index is 11.5. The molecule has 0 saturated heterocycles. The number of ketones is 1. The van der Waals surface area contributed by atoms with Gasteiger partial charge in [-0.1, -0.05) is 78.3 Å². The number of halogens is 1. The van der Waals surface area contributed by atoms with Gasteiger partial charge in [-0.2, -0.15) is 11.8 Å². The molecule has 1 saturated carbocycles. The minimum absolute atomic E-state index is 0.0814. The van der Waals surface area contributed by atoms with Crippen LogP contribution in [0.1, 0.15) is 86.6 Å². The Hall–Kier alpha value is -3.45. The van der Waals surface area contributed by atoms with E-state index < -0.39 is 11.6 Å². The molecule has 4 aromatic rings. The molecule has 0 radical (unpaired) electrons. The molecule has 45 heavy (non-hydrogen) atoms. The van der Waals surface area contributed by atoms with Gasteiger partial charge < -0.3 is 15.0 Å². The number of pyridine rings is 1. The van der Waals surface area contributed by atoms with Gasteiger partial charge in [0.1, 0.15) is 5.78 Å². The standard InChI is InChI=1S/C35H36ClNO3S.C3H6O/c1-34(2,40)30-9-4-3-7-25(30)13-17-32(41-23-35(18-19-35)22-33(38)39)27-8-5-6-24(20-27)10-15-29-16-12-26-11-14-28(36)21-31(26)37-29;1-3(2)4/h3-12,14-16,20-21,32,40H,13,17-19,22-23H2,1-2H3,(H,38,39);1-2H3/b15-10+;/t32-;/m1./s1. The molecule has 0 amide bonds. The molecule has 1 aliphatic rings. The minimum Gasteiger partial charge on any atom is -0.481 e. The van der Waals surface area contributed by atoms with E-state index in [4.69, 9.17) is 16.6 Å². The van der Waals surface area contributed by atoms with Gasteiger partial charge in [-0.15, -0.1) is 0 Å². The van der Waals surface area contributed by atoms with E-state index in [1.165, 1.54) is 19.4 Å². The molecule has 0 spiro atoms. The fourth-order valence-electron chi connectivity index (χ4n) is 5.36. The lowest BCUT2D eigenvalue weighted by Gasteiger charge is -2.24. The zero-order chi connectivity index (χ0) is 32.6. The van der Waals surface area contributed by atoms with Crippen molar-refractivity contribution in [3.63, 3.8) is 0 Å². The lowest BCUT2D eigenvalue weighted by Crippen LogP contribution is -2.18. The number of aliphatic hydroxyl groups is 1. The predicted octanol–water partition coefficient (Wildman–Crippen LogP) is 9.54. The highest BCUT2D eigenvalue weighted by molar-refractivity contribution is 7.99. The van der Waals surface area contributed by atoms with Gasteiger partial charge in [0.25, 0.3) is 0 Å². The van der Waals surface area contributed by atoms with Crippen LogP contribution in [0.25, 0.3) is 23.1 Å². The molecule has 236 valence electrons. The van der Waals surface area contributed by atoms with E-state index in [1.807, 2.05) is 74.1 Å². The Bertz CT molecular complexity index is 1670. The number of rotatable bonds is 12. The lowest BCUT2D eigenvalue weighted by molar-refractivity contribution is -0.138. The van der Waals surface area contributed by atoms with Crippen molar-refractivity contribution in [1.82, 2.24) is 4.98 Å². The molecule has 1 aromatic heterocycles. The highest BCUT2D eigenvalue weighted by Crippen LogP contribution is 2.53. The van der Waals surface area contributed by atoms with Crippen LogP contribution in [0.2, 0.25) is 5.02 Å². The van der Waals surface area contributed by atoms with Crippen LogP contribution in [0, 0.1) is 5.41 Å². The number of hydrogen-bond acceptors (Lipinski definition) is 5. The SMILES string of the molecule is CC(C)(O)c1ccccc1CC[C@@H](SCC1(CC(=O)O)CC1)c1cccc(/C=C/c2ccc3ccc(Cl)cc3n2)c1.CC(C)=O. The van der Waals surface area contributed by atoms with E-state index in [1.54, 1.807) is 0 Å². The third-order valence-electron chi connectivity index (χ3n) is 7.83. The summed E-state index contributed by atoms with van der Waals surface area (Å²) in [7, 11) is 0.